The first-order chi connectivity index (χ1) is 14.0. The molecule has 7 heteroatoms. The molecule has 0 saturated heterocycles. The van der Waals surface area contributed by atoms with E-state index in [1.54, 1.807) is 0 Å². The van der Waals surface area contributed by atoms with Crippen molar-refractivity contribution >= 4 is 77.7 Å². The number of rotatable bonds is 6. The van der Waals surface area contributed by atoms with Gasteiger partial charge in [-0.3, -0.25) is 0 Å². The first-order valence-electron chi connectivity index (χ1n) is 8.66. The standard InChI is InChI=1S/C22H14Br2Cl2OS2/c23-15-5-1-13(2-6-15)21(17-9-11-19(25)28-17)27-22(18-10-12-20(26)29-18)14-3-7-16(24)8-4-14/h1-12,21-22H. The Morgan fingerprint density at radius 2 is 0.966 bits per heavy atom. The number of hydrogen-bond donors (Lipinski definition) is 0. The highest BCUT2D eigenvalue weighted by molar-refractivity contribution is 9.10. The van der Waals surface area contributed by atoms with Crippen LogP contribution in [0.25, 0.3) is 0 Å². The molecule has 29 heavy (non-hydrogen) atoms. The monoisotopic (exact) mass is 586 g/mol. The molecule has 0 saturated carbocycles. The highest BCUT2D eigenvalue weighted by Gasteiger charge is 2.25. The van der Waals surface area contributed by atoms with Crippen LogP contribution in [0.15, 0.2) is 81.7 Å². The maximum atomic E-state index is 6.77. The molecule has 2 unspecified atom stereocenters. The molecule has 0 fully saturated rings. The van der Waals surface area contributed by atoms with E-state index in [2.05, 4.69) is 56.1 Å². The van der Waals surface area contributed by atoms with Crippen molar-refractivity contribution in [1.82, 2.24) is 0 Å². The molecule has 0 bridgehead atoms. The van der Waals surface area contributed by atoms with Gasteiger partial charge in [0.05, 0.1) is 8.67 Å². The molecule has 2 heterocycles. The third kappa shape index (κ3) is 5.34. The second kappa shape index (κ2) is 9.65. The van der Waals surface area contributed by atoms with E-state index < -0.39 is 0 Å². The van der Waals surface area contributed by atoms with Crippen molar-refractivity contribution in [2.75, 3.05) is 0 Å². The minimum Gasteiger partial charge on any atom is -0.354 e. The van der Waals surface area contributed by atoms with Crippen LogP contribution in [0.4, 0.5) is 0 Å². The molecular formula is C22H14Br2Cl2OS2. The average molecular weight is 589 g/mol. The first kappa shape index (κ1) is 21.6. The Morgan fingerprint density at radius 3 is 1.28 bits per heavy atom. The molecule has 0 radical (unpaired) electrons. The average Bonchev–Trinajstić information content (AvgIpc) is 3.33. The summed E-state index contributed by atoms with van der Waals surface area (Å²) in [4.78, 5) is 2.11. The summed E-state index contributed by atoms with van der Waals surface area (Å²) in [6, 6.07) is 24.3. The van der Waals surface area contributed by atoms with E-state index >= 15 is 0 Å². The van der Waals surface area contributed by atoms with Gasteiger partial charge in [-0.1, -0.05) is 79.3 Å². The zero-order valence-electron chi connectivity index (χ0n) is 14.8. The molecule has 2 aromatic heterocycles. The molecule has 0 aliphatic rings. The molecule has 1 nitrogen and oxygen atoms in total. The maximum Gasteiger partial charge on any atom is 0.118 e. The highest BCUT2D eigenvalue weighted by Crippen LogP contribution is 2.42. The van der Waals surface area contributed by atoms with Gasteiger partial charge in [0.2, 0.25) is 0 Å². The SMILES string of the molecule is Clc1ccc(C(OC(c2ccc(Br)cc2)c2ccc(Cl)s2)c2ccc(Br)cc2)s1. The Bertz CT molecular complexity index is 1000. The molecule has 2 atom stereocenters. The van der Waals surface area contributed by atoms with Crippen LogP contribution in [0.3, 0.4) is 0 Å². The summed E-state index contributed by atoms with van der Waals surface area (Å²) in [7, 11) is 0. The third-order valence-corrected chi connectivity index (χ3v) is 7.93. The lowest BCUT2D eigenvalue weighted by Crippen LogP contribution is -2.11. The van der Waals surface area contributed by atoms with Gasteiger partial charge >= 0.3 is 0 Å². The number of benzene rings is 2. The Kier molecular flexibility index (Phi) is 7.18. The maximum absolute atomic E-state index is 6.77. The molecule has 4 rings (SSSR count). The molecule has 0 N–H and O–H groups in total. The molecule has 4 aromatic rings. The van der Waals surface area contributed by atoms with Crippen LogP contribution in [-0.4, -0.2) is 0 Å². The van der Waals surface area contributed by atoms with Gasteiger partial charge in [-0.2, -0.15) is 0 Å². The Balaban J connectivity index is 1.77. The van der Waals surface area contributed by atoms with E-state index in [1.165, 1.54) is 22.7 Å². The van der Waals surface area contributed by atoms with E-state index in [9.17, 15) is 0 Å². The second-order valence-corrected chi connectivity index (χ2v) is 11.6. The van der Waals surface area contributed by atoms with Gasteiger partial charge in [0.25, 0.3) is 0 Å². The van der Waals surface area contributed by atoms with E-state index in [1.807, 2.05) is 48.5 Å². The van der Waals surface area contributed by atoms with Crippen LogP contribution >= 0.6 is 77.7 Å². The number of ether oxygens (including phenoxy) is 1. The summed E-state index contributed by atoms with van der Waals surface area (Å²) in [5, 5.41) is 0. The van der Waals surface area contributed by atoms with Crippen LogP contribution in [0, 0.1) is 0 Å². The molecule has 2 aromatic carbocycles. The van der Waals surface area contributed by atoms with Crippen molar-refractivity contribution in [2.45, 2.75) is 12.2 Å². The van der Waals surface area contributed by atoms with E-state index in [4.69, 9.17) is 27.9 Å². The lowest BCUT2D eigenvalue weighted by atomic mass is 10.0. The topological polar surface area (TPSA) is 9.23 Å². The van der Waals surface area contributed by atoms with Crippen molar-refractivity contribution in [3.8, 4) is 0 Å². The van der Waals surface area contributed by atoms with E-state index in [-0.39, 0.29) is 12.2 Å². The molecule has 148 valence electrons. The zero-order chi connectivity index (χ0) is 20.4. The highest BCUT2D eigenvalue weighted by atomic mass is 79.9. The van der Waals surface area contributed by atoms with Crippen LogP contribution in [-0.2, 0) is 4.74 Å². The Labute approximate surface area is 204 Å². The van der Waals surface area contributed by atoms with Gasteiger partial charge in [-0.25, -0.2) is 0 Å². The minimum atomic E-state index is -0.255. The quantitative estimate of drug-likeness (QED) is 0.218. The summed E-state index contributed by atoms with van der Waals surface area (Å²) in [6.07, 6.45) is -0.509. The second-order valence-electron chi connectivity index (χ2n) is 6.28. The van der Waals surface area contributed by atoms with Gasteiger partial charge in [-0.15, -0.1) is 22.7 Å². The van der Waals surface area contributed by atoms with Crippen LogP contribution in [0.1, 0.15) is 33.1 Å². The lowest BCUT2D eigenvalue weighted by molar-refractivity contribution is 0.0348. The summed E-state index contributed by atoms with van der Waals surface area (Å²) >= 11 is 22.6. The fraction of sp³-hybridized carbons (Fsp3) is 0.0909. The summed E-state index contributed by atoms with van der Waals surface area (Å²) in [6.45, 7) is 0. The predicted molar refractivity (Wildman–Crippen MR) is 132 cm³/mol. The Hall–Kier alpha value is -0.660. The van der Waals surface area contributed by atoms with E-state index in [0.29, 0.717) is 0 Å². The first-order valence-corrected chi connectivity index (χ1v) is 12.6. The fourth-order valence-electron chi connectivity index (χ4n) is 2.97. The molecule has 0 aliphatic carbocycles. The van der Waals surface area contributed by atoms with Crippen molar-refractivity contribution in [3.63, 3.8) is 0 Å². The largest absolute Gasteiger partial charge is 0.354 e. The van der Waals surface area contributed by atoms with Crippen LogP contribution in [0.5, 0.6) is 0 Å². The van der Waals surface area contributed by atoms with Gasteiger partial charge in [-0.05, 0) is 59.7 Å². The third-order valence-electron chi connectivity index (χ3n) is 4.32. The fourth-order valence-corrected chi connectivity index (χ4v) is 5.75. The summed E-state index contributed by atoms with van der Waals surface area (Å²) < 4.78 is 10.3. The van der Waals surface area contributed by atoms with Crippen LogP contribution < -0.4 is 0 Å². The van der Waals surface area contributed by atoms with Gasteiger partial charge < -0.3 is 4.74 Å². The predicted octanol–water partition coefficient (Wildman–Crippen LogP) is 9.54. The van der Waals surface area contributed by atoms with E-state index in [0.717, 1.165) is 38.5 Å². The number of thiophene rings is 2. The number of halogens is 4. The molecule has 0 spiro atoms. The molecular weight excluding hydrogens is 575 g/mol. The molecule has 0 aliphatic heterocycles. The van der Waals surface area contributed by atoms with Gasteiger partial charge in [0.15, 0.2) is 0 Å². The minimum absolute atomic E-state index is 0.255. The van der Waals surface area contributed by atoms with Gasteiger partial charge in [0.1, 0.15) is 12.2 Å². The number of hydrogen-bond acceptors (Lipinski definition) is 3. The lowest BCUT2D eigenvalue weighted by Gasteiger charge is -2.25. The van der Waals surface area contributed by atoms with Crippen LogP contribution in [0.2, 0.25) is 8.67 Å². The van der Waals surface area contributed by atoms with Crippen molar-refractivity contribution in [2.24, 2.45) is 0 Å². The van der Waals surface area contributed by atoms with Crippen molar-refractivity contribution in [3.05, 3.63) is 111 Å². The van der Waals surface area contributed by atoms with Crippen molar-refractivity contribution in [1.29, 1.82) is 0 Å². The van der Waals surface area contributed by atoms with Crippen molar-refractivity contribution < 1.29 is 4.74 Å². The molecule has 0 amide bonds. The summed E-state index contributed by atoms with van der Waals surface area (Å²) in [5.41, 5.74) is 2.13. The normalized spacial score (nSPS) is 13.4. The van der Waals surface area contributed by atoms with Gasteiger partial charge in [0, 0.05) is 18.7 Å². The Morgan fingerprint density at radius 1 is 0.586 bits per heavy atom. The smallest absolute Gasteiger partial charge is 0.118 e. The summed E-state index contributed by atoms with van der Waals surface area (Å²) in [5.74, 6) is 0. The zero-order valence-corrected chi connectivity index (χ0v) is 21.1.